The molecule has 6 heteroatoms. The van der Waals surface area contributed by atoms with E-state index in [9.17, 15) is 0 Å². The van der Waals surface area contributed by atoms with Gasteiger partial charge < -0.3 is 15.3 Å². The largest absolute Gasteiger partial charge is 0.412 e. The van der Waals surface area contributed by atoms with Gasteiger partial charge in [0.05, 0.1) is 0 Å². The first-order chi connectivity index (χ1) is 21.6. The molecular formula is C40H49ClN2OS2. The van der Waals surface area contributed by atoms with Crippen LogP contribution in [0.5, 0.6) is 0 Å². The van der Waals surface area contributed by atoms with Gasteiger partial charge in [0.15, 0.2) is 0 Å². The fourth-order valence-electron chi connectivity index (χ4n) is 8.12. The Bertz CT molecular complexity index is 1370. The summed E-state index contributed by atoms with van der Waals surface area (Å²) in [6, 6.07) is 36.0. The van der Waals surface area contributed by atoms with E-state index in [1.54, 1.807) is 22.3 Å². The maximum Gasteiger partial charge on any atom is 0.0160 e. The van der Waals surface area contributed by atoms with Crippen LogP contribution in [0, 0.1) is 11.8 Å². The van der Waals surface area contributed by atoms with Crippen molar-refractivity contribution in [1.29, 1.82) is 0 Å². The van der Waals surface area contributed by atoms with E-state index in [1.165, 1.54) is 84.3 Å². The van der Waals surface area contributed by atoms with Crippen LogP contribution in [-0.4, -0.2) is 55.6 Å². The van der Waals surface area contributed by atoms with Gasteiger partial charge in [-0.25, -0.2) is 0 Å². The average molecular weight is 673 g/mol. The number of hydrogen-bond donors (Lipinski definition) is 0. The van der Waals surface area contributed by atoms with E-state index in [-0.39, 0.29) is 17.9 Å². The van der Waals surface area contributed by atoms with Crippen molar-refractivity contribution in [2.45, 2.75) is 69.9 Å². The van der Waals surface area contributed by atoms with E-state index in [2.05, 4.69) is 121 Å². The first kappa shape index (κ1) is 35.1. The standard InChI is InChI=1S/2C20H23NS.ClH.H2O/c2*1-21-12-6-7-15(14-21)13-18-16-8-2-4-10-19(16)22-20-11-5-3-9-17(18)20;;/h2*2-5,8-11,15,18H,6-7,12-14H2,1H3;1H;1H2. The predicted octanol–water partition coefficient (Wildman–Crippen LogP) is 9.63. The zero-order valence-electron chi connectivity index (χ0n) is 27.2. The molecule has 0 amide bonds. The Balaban J connectivity index is 0.000000174. The molecule has 46 heavy (non-hydrogen) atoms. The molecule has 2 saturated heterocycles. The predicted molar refractivity (Wildman–Crippen MR) is 198 cm³/mol. The van der Waals surface area contributed by atoms with Gasteiger partial charge in [-0.3, -0.25) is 0 Å². The lowest BCUT2D eigenvalue weighted by Gasteiger charge is -2.35. The second kappa shape index (κ2) is 16.2. The summed E-state index contributed by atoms with van der Waals surface area (Å²) in [4.78, 5) is 10.8. The van der Waals surface area contributed by atoms with Gasteiger partial charge in [0, 0.05) is 44.5 Å². The minimum Gasteiger partial charge on any atom is -0.412 e. The quantitative estimate of drug-likeness (QED) is 0.216. The highest BCUT2D eigenvalue weighted by Crippen LogP contribution is 2.49. The third-order valence-electron chi connectivity index (χ3n) is 10.2. The summed E-state index contributed by atoms with van der Waals surface area (Å²) in [6.45, 7) is 5.05. The molecule has 0 spiro atoms. The molecule has 2 unspecified atom stereocenters. The molecule has 2 atom stereocenters. The second-order valence-electron chi connectivity index (χ2n) is 13.5. The highest BCUT2D eigenvalue weighted by atomic mass is 35.5. The molecule has 4 aliphatic heterocycles. The molecule has 244 valence electrons. The maximum absolute atomic E-state index is 2.50. The van der Waals surface area contributed by atoms with Crippen molar-refractivity contribution in [2.24, 2.45) is 11.8 Å². The third-order valence-corrected chi connectivity index (χ3v) is 12.6. The highest BCUT2D eigenvalue weighted by molar-refractivity contribution is 7.99. The number of benzene rings is 4. The van der Waals surface area contributed by atoms with Gasteiger partial charge in [-0.2, -0.15) is 0 Å². The molecule has 0 bridgehead atoms. The fourth-order valence-corrected chi connectivity index (χ4v) is 10.5. The van der Waals surface area contributed by atoms with Gasteiger partial charge >= 0.3 is 0 Å². The van der Waals surface area contributed by atoms with Crippen LogP contribution in [0.25, 0.3) is 0 Å². The van der Waals surface area contributed by atoms with Gasteiger partial charge in [0.1, 0.15) is 0 Å². The number of fused-ring (bicyclic) bond motifs is 4. The number of halogens is 1. The van der Waals surface area contributed by atoms with Gasteiger partial charge in [-0.1, -0.05) is 96.3 Å². The highest BCUT2D eigenvalue weighted by Gasteiger charge is 2.31. The Morgan fingerprint density at radius 2 is 0.826 bits per heavy atom. The first-order valence-electron chi connectivity index (χ1n) is 16.7. The van der Waals surface area contributed by atoms with Gasteiger partial charge in [0.25, 0.3) is 0 Å². The van der Waals surface area contributed by atoms with Gasteiger partial charge in [0.2, 0.25) is 0 Å². The number of rotatable bonds is 4. The van der Waals surface area contributed by atoms with Crippen LogP contribution in [0.3, 0.4) is 0 Å². The third kappa shape index (κ3) is 7.89. The van der Waals surface area contributed by atoms with E-state index in [1.807, 2.05) is 23.5 Å². The monoisotopic (exact) mass is 672 g/mol. The van der Waals surface area contributed by atoms with Crippen LogP contribution in [-0.2, 0) is 0 Å². The van der Waals surface area contributed by atoms with Crippen molar-refractivity contribution in [3.63, 3.8) is 0 Å². The van der Waals surface area contributed by atoms with Crippen LogP contribution < -0.4 is 0 Å². The van der Waals surface area contributed by atoms with E-state index in [0.717, 1.165) is 11.8 Å². The second-order valence-corrected chi connectivity index (χ2v) is 15.6. The van der Waals surface area contributed by atoms with Crippen LogP contribution in [0.1, 0.15) is 72.6 Å². The Morgan fingerprint density at radius 1 is 0.522 bits per heavy atom. The molecule has 0 aromatic heterocycles. The average Bonchev–Trinajstić information content (AvgIpc) is 3.05. The Hall–Kier alpha value is -2.25. The molecule has 4 aromatic carbocycles. The summed E-state index contributed by atoms with van der Waals surface area (Å²) in [5.41, 5.74) is 6.16. The van der Waals surface area contributed by atoms with Gasteiger partial charge in [-0.15, -0.1) is 12.4 Å². The number of nitrogens with zero attached hydrogens (tertiary/aromatic N) is 2. The molecule has 4 heterocycles. The summed E-state index contributed by atoms with van der Waals surface area (Å²) < 4.78 is 0. The van der Waals surface area contributed by atoms with Crippen LogP contribution in [0.2, 0.25) is 0 Å². The van der Waals surface area contributed by atoms with Crippen molar-refractivity contribution >= 4 is 35.9 Å². The molecule has 0 saturated carbocycles. The summed E-state index contributed by atoms with van der Waals surface area (Å²) in [6.07, 6.45) is 8.06. The molecule has 4 aliphatic rings. The summed E-state index contributed by atoms with van der Waals surface area (Å²) >= 11 is 3.88. The molecule has 4 aromatic rings. The smallest absolute Gasteiger partial charge is 0.0160 e. The van der Waals surface area contributed by atoms with Crippen LogP contribution in [0.15, 0.2) is 117 Å². The topological polar surface area (TPSA) is 38.0 Å². The summed E-state index contributed by atoms with van der Waals surface area (Å²) in [7, 11) is 4.54. The van der Waals surface area contributed by atoms with Crippen molar-refractivity contribution < 1.29 is 5.48 Å². The molecule has 2 fully saturated rings. The lowest BCUT2D eigenvalue weighted by Crippen LogP contribution is -2.33. The lowest BCUT2D eigenvalue weighted by atomic mass is 9.80. The lowest BCUT2D eigenvalue weighted by molar-refractivity contribution is 0.197. The van der Waals surface area contributed by atoms with Crippen molar-refractivity contribution in [1.82, 2.24) is 9.80 Å². The Kier molecular flexibility index (Phi) is 12.4. The van der Waals surface area contributed by atoms with Crippen molar-refractivity contribution in [3.05, 3.63) is 119 Å². The van der Waals surface area contributed by atoms with E-state index < -0.39 is 0 Å². The summed E-state index contributed by atoms with van der Waals surface area (Å²) in [5.74, 6) is 2.80. The fraction of sp³-hybridized carbons (Fsp3) is 0.400. The van der Waals surface area contributed by atoms with Crippen molar-refractivity contribution in [2.75, 3.05) is 40.3 Å². The summed E-state index contributed by atoms with van der Waals surface area (Å²) in [5, 5.41) is 0. The van der Waals surface area contributed by atoms with Crippen molar-refractivity contribution in [3.8, 4) is 0 Å². The normalized spacial score (nSPS) is 21.2. The van der Waals surface area contributed by atoms with Gasteiger partial charge in [-0.05, 0) is 124 Å². The molecular weight excluding hydrogens is 624 g/mol. The number of likely N-dealkylation sites (tertiary alicyclic amines) is 2. The van der Waals surface area contributed by atoms with E-state index >= 15 is 0 Å². The Morgan fingerprint density at radius 3 is 1.13 bits per heavy atom. The maximum atomic E-state index is 2.50. The number of hydrogen-bond acceptors (Lipinski definition) is 4. The molecule has 8 rings (SSSR count). The molecule has 0 radical (unpaired) electrons. The van der Waals surface area contributed by atoms with E-state index in [4.69, 9.17) is 0 Å². The zero-order chi connectivity index (χ0) is 29.9. The minimum absolute atomic E-state index is 0. The molecule has 2 N–H and O–H groups in total. The minimum atomic E-state index is 0. The van der Waals surface area contributed by atoms with E-state index in [0.29, 0.717) is 11.8 Å². The molecule has 3 nitrogen and oxygen atoms in total. The number of piperidine rings is 2. The van der Waals surface area contributed by atoms with Crippen LogP contribution in [0.4, 0.5) is 0 Å². The Labute approximate surface area is 291 Å². The molecule has 0 aliphatic carbocycles. The first-order valence-corrected chi connectivity index (χ1v) is 18.3. The zero-order valence-corrected chi connectivity index (χ0v) is 29.7. The van der Waals surface area contributed by atoms with Crippen LogP contribution >= 0.6 is 35.9 Å². The SMILES string of the molecule is CN1CCCC(CC2c3ccccc3Sc3ccccc32)C1.CN1CCCC(CC2c3ccccc3Sc3ccccc32)C1.Cl.O.